The van der Waals surface area contributed by atoms with Crippen LogP contribution < -0.4 is 10.6 Å². The number of amides is 2. The first-order valence-electron chi connectivity index (χ1n) is 11.3. The van der Waals surface area contributed by atoms with E-state index in [1.54, 1.807) is 0 Å². The van der Waals surface area contributed by atoms with Crippen LogP contribution >= 0.6 is 19.2 Å². The van der Waals surface area contributed by atoms with Crippen molar-refractivity contribution in [1.82, 2.24) is 14.8 Å². The van der Waals surface area contributed by atoms with Crippen LogP contribution in [0.2, 0.25) is 5.02 Å². The number of benzene rings is 2. The van der Waals surface area contributed by atoms with Crippen molar-refractivity contribution in [3.05, 3.63) is 64.6 Å². The second-order valence-electron chi connectivity index (χ2n) is 8.73. The fourth-order valence-corrected chi connectivity index (χ4v) is 5.15. The molecular formula is C24H23ClF2N3O7P. The number of aromatic nitrogens is 1. The van der Waals surface area contributed by atoms with Crippen molar-refractivity contribution in [2.45, 2.75) is 31.7 Å². The molecule has 38 heavy (non-hydrogen) atoms. The summed E-state index contributed by atoms with van der Waals surface area (Å²) in [6.45, 7) is -1.05. The Hall–Kier alpha value is -3.31. The lowest BCUT2D eigenvalue weighted by molar-refractivity contribution is -0.139. The fourth-order valence-electron chi connectivity index (χ4n) is 4.40. The molecule has 14 heteroatoms. The Kier molecular flexibility index (Phi) is 7.89. The van der Waals surface area contributed by atoms with Crippen LogP contribution in [0.1, 0.15) is 22.3 Å². The first kappa shape index (κ1) is 27.7. The number of nitrogens with zero attached hydrogens (tertiary/aromatic N) is 2. The number of hydrogen-bond acceptors (Lipinski definition) is 5. The minimum Gasteiger partial charge on any atom is -0.465 e. The van der Waals surface area contributed by atoms with E-state index in [2.05, 4.69) is 5.32 Å². The van der Waals surface area contributed by atoms with Gasteiger partial charge in [-0.05, 0) is 18.2 Å². The van der Waals surface area contributed by atoms with Crippen molar-refractivity contribution >= 4 is 53.2 Å². The second kappa shape index (κ2) is 10.8. The molecule has 1 fully saturated rings. The van der Waals surface area contributed by atoms with E-state index >= 15 is 0 Å². The van der Waals surface area contributed by atoms with Gasteiger partial charge in [-0.2, -0.15) is 0 Å². The first-order valence-corrected chi connectivity index (χ1v) is 13.3. The number of halogens is 3. The Bertz CT molecular complexity index is 1470. The highest BCUT2D eigenvalue weighted by Crippen LogP contribution is 2.35. The highest BCUT2D eigenvalue weighted by molar-refractivity contribution is 7.60. The van der Waals surface area contributed by atoms with Gasteiger partial charge in [0.2, 0.25) is 11.8 Å². The molecule has 202 valence electrons. The van der Waals surface area contributed by atoms with Crippen molar-refractivity contribution in [3.8, 4) is 0 Å². The van der Waals surface area contributed by atoms with Crippen molar-refractivity contribution in [2.75, 3.05) is 13.7 Å². The number of nitrogens with one attached hydrogen (secondary N) is 1. The number of fused-ring (bicyclic) bond motifs is 1. The number of methoxy groups -OCH3 is 1. The zero-order valence-electron chi connectivity index (χ0n) is 19.9. The largest absolute Gasteiger partial charge is 0.465 e. The number of likely N-dealkylation sites (tertiary alicyclic amines) is 1. The predicted octanol–water partition coefficient (Wildman–Crippen LogP) is 2.28. The van der Waals surface area contributed by atoms with Gasteiger partial charge in [-0.25, -0.2) is 13.6 Å². The molecule has 3 aromatic rings. The molecule has 2 atom stereocenters. The lowest BCUT2D eigenvalue weighted by Crippen LogP contribution is -2.46. The topological polar surface area (TPSA) is 138 Å². The predicted molar refractivity (Wildman–Crippen MR) is 133 cm³/mol. The summed E-state index contributed by atoms with van der Waals surface area (Å²) in [4.78, 5) is 58.5. The van der Waals surface area contributed by atoms with Crippen LogP contribution in [0, 0.1) is 5.82 Å². The van der Waals surface area contributed by atoms with Gasteiger partial charge in [-0.3, -0.25) is 14.2 Å². The third-order valence-electron chi connectivity index (χ3n) is 6.27. The fraction of sp³-hybridized carbons (Fsp3) is 0.292. The number of carbonyl (C=O) groups is 3. The van der Waals surface area contributed by atoms with Gasteiger partial charge < -0.3 is 29.3 Å². The van der Waals surface area contributed by atoms with Crippen molar-refractivity contribution in [2.24, 2.45) is 0 Å². The average molecular weight is 570 g/mol. The van der Waals surface area contributed by atoms with Gasteiger partial charge in [0.25, 0.3) is 0 Å². The molecule has 1 aromatic heterocycles. The summed E-state index contributed by atoms with van der Waals surface area (Å²) >= 11 is 5.76. The molecule has 0 saturated carbocycles. The second-order valence-corrected chi connectivity index (χ2v) is 10.7. The number of ether oxygens (including phenoxy) is 1. The quantitative estimate of drug-likeness (QED) is 0.293. The van der Waals surface area contributed by atoms with Gasteiger partial charge in [0.15, 0.2) is 0 Å². The number of carbonyl (C=O) groups excluding carboxylic acids is 3. The number of alkyl halides is 1. The Morgan fingerprint density at radius 3 is 2.66 bits per heavy atom. The number of esters is 1. The minimum atomic E-state index is -4.65. The molecule has 0 unspecified atom stereocenters. The third-order valence-corrected chi connectivity index (χ3v) is 7.51. The van der Waals surface area contributed by atoms with E-state index in [4.69, 9.17) is 16.3 Å². The molecule has 0 bridgehead atoms. The molecule has 1 aliphatic heterocycles. The maximum absolute atomic E-state index is 14.4. The Balaban J connectivity index is 1.58. The van der Waals surface area contributed by atoms with Gasteiger partial charge in [0, 0.05) is 30.1 Å². The Labute approximate surface area is 220 Å². The van der Waals surface area contributed by atoms with Gasteiger partial charge in [-0.15, -0.1) is 0 Å². The lowest BCUT2D eigenvalue weighted by Gasteiger charge is -2.24. The zero-order chi connectivity index (χ0) is 27.8. The van der Waals surface area contributed by atoms with Crippen molar-refractivity contribution < 1.29 is 42.3 Å². The molecular weight excluding hydrogens is 547 g/mol. The van der Waals surface area contributed by atoms with Crippen LogP contribution in [0.15, 0.2) is 42.6 Å². The molecule has 0 radical (unpaired) electrons. The Morgan fingerprint density at radius 1 is 1.24 bits per heavy atom. The molecule has 1 aliphatic rings. The van der Waals surface area contributed by atoms with E-state index < -0.39 is 50.0 Å². The summed E-state index contributed by atoms with van der Waals surface area (Å²) < 4.78 is 46.3. The standard InChI is InChI=1S/C24H23ClF2N3O7P/c1-37-24(33)17-11-29(19-8-15(38(34,35)36)5-6-16(17)19)12-21(31)30-10-14(26)7-20(30)23(32)28-9-13-3-2-4-18(25)22(13)27/h2-6,8,11,14,20H,7,9-10,12H2,1H3,(H,28,32)(H2,34,35,36)/t14-,20+/m1/s1. The third kappa shape index (κ3) is 5.58. The van der Waals surface area contributed by atoms with E-state index in [1.807, 2.05) is 0 Å². The molecule has 0 aliphatic carbocycles. The zero-order valence-corrected chi connectivity index (χ0v) is 21.6. The summed E-state index contributed by atoms with van der Waals surface area (Å²) in [5, 5.41) is 2.34. The minimum absolute atomic E-state index is 0.0511. The molecule has 10 nitrogen and oxygen atoms in total. The summed E-state index contributed by atoms with van der Waals surface area (Å²) in [7, 11) is -3.49. The molecule has 4 rings (SSSR count). The molecule has 2 amide bonds. The first-order chi connectivity index (χ1) is 17.9. The summed E-state index contributed by atoms with van der Waals surface area (Å²) in [6.07, 6.45) is -0.457. The Morgan fingerprint density at radius 2 is 1.97 bits per heavy atom. The van der Waals surface area contributed by atoms with Gasteiger partial charge in [-0.1, -0.05) is 29.8 Å². The van der Waals surface area contributed by atoms with Crippen LogP contribution in [-0.4, -0.2) is 62.9 Å². The van der Waals surface area contributed by atoms with E-state index in [1.165, 1.54) is 41.1 Å². The monoisotopic (exact) mass is 569 g/mol. The molecule has 1 saturated heterocycles. The normalized spacial score (nSPS) is 17.6. The molecule has 2 heterocycles. The van der Waals surface area contributed by atoms with E-state index in [9.17, 15) is 37.5 Å². The van der Waals surface area contributed by atoms with Crippen LogP contribution in [0.5, 0.6) is 0 Å². The van der Waals surface area contributed by atoms with E-state index in [0.29, 0.717) is 0 Å². The van der Waals surface area contributed by atoms with Crippen molar-refractivity contribution in [1.29, 1.82) is 0 Å². The lowest BCUT2D eigenvalue weighted by atomic mass is 10.1. The van der Waals surface area contributed by atoms with E-state index in [0.717, 1.165) is 18.1 Å². The number of hydrogen-bond donors (Lipinski definition) is 3. The van der Waals surface area contributed by atoms with Gasteiger partial charge in [0.1, 0.15) is 24.6 Å². The highest BCUT2D eigenvalue weighted by atomic mass is 35.5. The van der Waals surface area contributed by atoms with Crippen molar-refractivity contribution in [3.63, 3.8) is 0 Å². The van der Waals surface area contributed by atoms with Crippen LogP contribution in [0.25, 0.3) is 10.9 Å². The smallest absolute Gasteiger partial charge is 0.356 e. The molecule has 2 aromatic carbocycles. The highest BCUT2D eigenvalue weighted by Gasteiger charge is 2.40. The van der Waals surface area contributed by atoms with Crippen LogP contribution in [-0.2, 0) is 32.0 Å². The maximum Gasteiger partial charge on any atom is 0.356 e. The summed E-state index contributed by atoms with van der Waals surface area (Å²) in [5.41, 5.74) is 0.330. The molecule has 3 N–H and O–H groups in total. The number of rotatable bonds is 7. The van der Waals surface area contributed by atoms with Crippen LogP contribution in [0.4, 0.5) is 8.78 Å². The van der Waals surface area contributed by atoms with E-state index in [-0.39, 0.29) is 51.9 Å². The molecule has 0 spiro atoms. The summed E-state index contributed by atoms with van der Waals surface area (Å²) in [6, 6.07) is 6.77. The van der Waals surface area contributed by atoms with Crippen LogP contribution in [0.3, 0.4) is 0 Å². The maximum atomic E-state index is 14.4. The van der Waals surface area contributed by atoms with Gasteiger partial charge >= 0.3 is 13.6 Å². The summed E-state index contributed by atoms with van der Waals surface area (Å²) in [5.74, 6) is -2.79. The van der Waals surface area contributed by atoms with Gasteiger partial charge in [0.05, 0.1) is 35.1 Å². The average Bonchev–Trinajstić information content (AvgIpc) is 3.44. The SMILES string of the molecule is COC(=O)c1cn(CC(=O)N2C[C@H](F)C[C@H]2C(=O)NCc2cccc(Cl)c2F)c2cc(P(=O)(O)O)ccc12.